The molecule has 0 amide bonds. The summed E-state index contributed by atoms with van der Waals surface area (Å²) in [5, 5.41) is 17.3. The Hall–Kier alpha value is -4.62. The van der Waals surface area contributed by atoms with Crippen molar-refractivity contribution in [3.8, 4) is 0 Å². The van der Waals surface area contributed by atoms with E-state index < -0.39 is 0 Å². The molecule has 4 heterocycles. The number of anilines is 1. The molecule has 13 rings (SSSR count). The molecule has 324 valence electrons. The maximum atomic E-state index is 6.82. The Labute approximate surface area is 373 Å². The van der Waals surface area contributed by atoms with E-state index in [1.54, 1.807) is 16.8 Å². The van der Waals surface area contributed by atoms with Gasteiger partial charge in [-0.15, -0.1) is 0 Å². The van der Waals surface area contributed by atoms with Gasteiger partial charge in [-0.1, -0.05) is 136 Å². The summed E-state index contributed by atoms with van der Waals surface area (Å²) in [5.41, 5.74) is 12.3. The molecular weight excluding hydrogens is 771 g/mol. The van der Waals surface area contributed by atoms with Crippen LogP contribution in [0.3, 0.4) is 0 Å². The molecule has 5 fully saturated rings. The summed E-state index contributed by atoms with van der Waals surface area (Å²) in [7, 11) is 0. The second-order valence-electron chi connectivity index (χ2n) is 20.7. The van der Waals surface area contributed by atoms with Gasteiger partial charge in [-0.25, -0.2) is 0 Å². The van der Waals surface area contributed by atoms with Crippen LogP contribution in [0.1, 0.15) is 168 Å². The van der Waals surface area contributed by atoms with Crippen LogP contribution in [0.15, 0.2) is 108 Å². The summed E-state index contributed by atoms with van der Waals surface area (Å²) in [6, 6.07) is 41.3. The lowest BCUT2D eigenvalue weighted by Gasteiger charge is -2.43. The van der Waals surface area contributed by atoms with Gasteiger partial charge in [-0.2, -0.15) is 0 Å². The molecule has 5 aromatic carbocycles. The first kappa shape index (κ1) is 38.8. The van der Waals surface area contributed by atoms with Crippen LogP contribution in [0.5, 0.6) is 0 Å². The van der Waals surface area contributed by atoms with Gasteiger partial charge in [0, 0.05) is 51.1 Å². The highest BCUT2D eigenvalue weighted by Gasteiger charge is 2.45. The molecule has 2 aliphatic heterocycles. The molecule has 0 spiro atoms. The van der Waals surface area contributed by atoms with Crippen molar-refractivity contribution >= 4 is 49.4 Å². The summed E-state index contributed by atoms with van der Waals surface area (Å²) in [5.74, 6) is 1.89. The van der Waals surface area contributed by atoms with Crippen LogP contribution in [-0.2, 0) is 0 Å². The predicted octanol–water partition coefficient (Wildman–Crippen LogP) is 14.2. The van der Waals surface area contributed by atoms with Crippen molar-refractivity contribution in [1.82, 2.24) is 20.5 Å². The molecule has 4 saturated carbocycles. The van der Waals surface area contributed by atoms with Gasteiger partial charge >= 0.3 is 0 Å². The second kappa shape index (κ2) is 16.1. The molecule has 6 heteroatoms. The molecule has 0 bridgehead atoms. The third-order valence-corrected chi connectivity index (χ3v) is 17.3. The maximum Gasteiger partial charge on any atom is 0.135 e. The maximum absolute atomic E-state index is 6.82. The summed E-state index contributed by atoms with van der Waals surface area (Å²) in [4.78, 5) is 3.06. The molecule has 6 aliphatic rings. The zero-order valence-corrected chi connectivity index (χ0v) is 37.0. The number of benzene rings is 5. The standard InChI is InChI=1S/C57H65N5O/c1-4-14-37(15-5-1)55-58-56(38-16-6-2-7-17-38)60-57(59-55)40-27-31-46-45-30-26-39(34-51(45)63-52(46)35-40)36-24-28-42(29-25-36)62-50-23-13-11-21-44(50)48-33-32-47-43-20-10-12-22-49(43)61(53(47)54(48)62)41-18-8-3-9-19-41/h1,4-5,10,12,14-15,20,22,26-27,30-36,38,41-42,44,50,55-60H,2-3,6-9,11,13,16-19,21,23-25,28-29H2. The predicted molar refractivity (Wildman–Crippen MR) is 259 cm³/mol. The zero-order valence-electron chi connectivity index (χ0n) is 37.0. The fraction of sp³-hybridized carbons (Fsp3) is 0.474. The Bertz CT molecular complexity index is 2770. The molecule has 1 saturated heterocycles. The van der Waals surface area contributed by atoms with Crippen molar-refractivity contribution in [3.63, 3.8) is 0 Å². The quantitative estimate of drug-likeness (QED) is 0.156. The zero-order chi connectivity index (χ0) is 41.4. The van der Waals surface area contributed by atoms with Crippen molar-refractivity contribution in [2.75, 3.05) is 4.90 Å². The smallest absolute Gasteiger partial charge is 0.135 e. The van der Waals surface area contributed by atoms with Crippen molar-refractivity contribution in [3.05, 3.63) is 125 Å². The number of furan rings is 1. The Kier molecular flexibility index (Phi) is 9.93. The van der Waals surface area contributed by atoms with Crippen LogP contribution < -0.4 is 20.9 Å². The number of nitrogens with one attached hydrogen (secondary N) is 3. The van der Waals surface area contributed by atoms with E-state index in [2.05, 4.69) is 129 Å². The first-order valence-electron chi connectivity index (χ1n) is 25.4. The van der Waals surface area contributed by atoms with E-state index in [4.69, 9.17) is 4.42 Å². The van der Waals surface area contributed by atoms with Crippen LogP contribution >= 0.6 is 0 Å². The largest absolute Gasteiger partial charge is 0.456 e. The number of fused-ring (bicyclic) bond motifs is 10. The Balaban J connectivity index is 0.782. The van der Waals surface area contributed by atoms with Crippen LogP contribution in [-0.4, -0.2) is 22.8 Å². The monoisotopic (exact) mass is 836 g/mol. The number of aromatic nitrogens is 1. The van der Waals surface area contributed by atoms with E-state index in [0.29, 0.717) is 35.9 Å². The van der Waals surface area contributed by atoms with Gasteiger partial charge in [0.25, 0.3) is 0 Å². The van der Waals surface area contributed by atoms with Gasteiger partial charge in [-0.3, -0.25) is 16.0 Å². The Morgan fingerprint density at radius 2 is 1.13 bits per heavy atom. The molecule has 5 atom stereocenters. The first-order valence-corrected chi connectivity index (χ1v) is 25.4. The summed E-state index contributed by atoms with van der Waals surface area (Å²) in [6.45, 7) is 0. The van der Waals surface area contributed by atoms with Gasteiger partial charge in [-0.05, 0) is 116 Å². The fourth-order valence-corrected chi connectivity index (χ4v) is 14.2. The van der Waals surface area contributed by atoms with Crippen molar-refractivity contribution in [2.24, 2.45) is 5.92 Å². The lowest BCUT2D eigenvalue weighted by molar-refractivity contribution is 0.131. The minimum absolute atomic E-state index is 0.0323. The van der Waals surface area contributed by atoms with Crippen LogP contribution in [0.2, 0.25) is 0 Å². The van der Waals surface area contributed by atoms with Crippen LogP contribution in [0.4, 0.5) is 5.69 Å². The molecule has 6 nitrogen and oxygen atoms in total. The highest BCUT2D eigenvalue weighted by molar-refractivity contribution is 6.13. The third-order valence-electron chi connectivity index (χ3n) is 17.3. The minimum atomic E-state index is 0.0323. The van der Waals surface area contributed by atoms with Gasteiger partial charge in [0.05, 0.1) is 29.7 Å². The Morgan fingerprint density at radius 1 is 0.476 bits per heavy atom. The average Bonchev–Trinajstić information content (AvgIpc) is 4.02. The lowest BCUT2D eigenvalue weighted by Crippen LogP contribution is -2.61. The third kappa shape index (κ3) is 6.67. The molecule has 7 aromatic rings. The molecular formula is C57H65N5O. The van der Waals surface area contributed by atoms with Gasteiger partial charge in [0.1, 0.15) is 11.2 Å². The van der Waals surface area contributed by atoms with E-state index in [0.717, 1.165) is 11.2 Å². The van der Waals surface area contributed by atoms with Gasteiger partial charge < -0.3 is 13.9 Å². The van der Waals surface area contributed by atoms with E-state index >= 15 is 0 Å². The molecule has 0 radical (unpaired) electrons. The SMILES string of the molecule is c1ccc(C2NC(c3ccc4c(c3)oc3cc(C5CCC(N6c7c(ccc8c9ccccc9n(C9CCCCC9)c78)C7CCCCC76)CC5)ccc34)NC(C3CCCCC3)N2)cc1. The van der Waals surface area contributed by atoms with Crippen molar-refractivity contribution < 1.29 is 4.42 Å². The van der Waals surface area contributed by atoms with E-state index in [1.807, 2.05) is 0 Å². The lowest BCUT2D eigenvalue weighted by atomic mass is 9.79. The minimum Gasteiger partial charge on any atom is -0.456 e. The normalized spacial score (nSPS) is 28.6. The van der Waals surface area contributed by atoms with Gasteiger partial charge in [0.2, 0.25) is 0 Å². The van der Waals surface area contributed by atoms with Crippen LogP contribution in [0, 0.1) is 5.92 Å². The first-order chi connectivity index (χ1) is 31.2. The molecule has 2 aromatic heterocycles. The average molecular weight is 836 g/mol. The number of rotatable bonds is 6. The summed E-state index contributed by atoms with van der Waals surface area (Å²) in [6.07, 6.45) is 24.2. The summed E-state index contributed by atoms with van der Waals surface area (Å²) < 4.78 is 9.68. The Morgan fingerprint density at radius 3 is 1.92 bits per heavy atom. The number of hydrogen-bond donors (Lipinski definition) is 3. The van der Waals surface area contributed by atoms with E-state index in [9.17, 15) is 0 Å². The number of hydrogen-bond acceptors (Lipinski definition) is 5. The fourth-order valence-electron chi connectivity index (χ4n) is 14.2. The highest BCUT2D eigenvalue weighted by Crippen LogP contribution is 2.55. The van der Waals surface area contributed by atoms with E-state index in [-0.39, 0.29) is 18.5 Å². The topological polar surface area (TPSA) is 57.4 Å². The second-order valence-corrected chi connectivity index (χ2v) is 20.7. The summed E-state index contributed by atoms with van der Waals surface area (Å²) >= 11 is 0. The van der Waals surface area contributed by atoms with E-state index in [1.165, 1.54) is 159 Å². The van der Waals surface area contributed by atoms with Gasteiger partial charge in [0.15, 0.2) is 0 Å². The number of nitrogens with zero attached hydrogens (tertiary/aromatic N) is 2. The highest BCUT2D eigenvalue weighted by atomic mass is 16.3. The van der Waals surface area contributed by atoms with Crippen LogP contribution in [0.25, 0.3) is 43.7 Å². The molecule has 5 unspecified atom stereocenters. The molecule has 4 aliphatic carbocycles. The van der Waals surface area contributed by atoms with Crippen molar-refractivity contribution in [2.45, 2.75) is 164 Å². The number of para-hydroxylation sites is 1. The molecule has 63 heavy (non-hydrogen) atoms. The van der Waals surface area contributed by atoms with Crippen molar-refractivity contribution in [1.29, 1.82) is 0 Å². The molecule has 3 N–H and O–H groups in total.